The summed E-state index contributed by atoms with van der Waals surface area (Å²) in [7, 11) is 0. The van der Waals surface area contributed by atoms with E-state index in [0.717, 1.165) is 25.7 Å². The quantitative estimate of drug-likeness (QED) is 0.149. The number of thioether (sulfide) groups is 1. The van der Waals surface area contributed by atoms with Gasteiger partial charge in [0, 0.05) is 6.42 Å². The highest BCUT2D eigenvalue weighted by molar-refractivity contribution is 7.99. The molecule has 0 fully saturated rings. The molecule has 0 aliphatic carbocycles. The van der Waals surface area contributed by atoms with Gasteiger partial charge in [-0.15, -0.1) is 0 Å². The van der Waals surface area contributed by atoms with E-state index in [1.807, 2.05) is 0 Å². The minimum atomic E-state index is -5.51. The predicted octanol–water partition coefficient (Wildman–Crippen LogP) is 6.67. The summed E-state index contributed by atoms with van der Waals surface area (Å²) < 4.78 is 105. The molecule has 0 radical (unpaired) electrons. The van der Waals surface area contributed by atoms with Crippen molar-refractivity contribution in [3.05, 3.63) is 0 Å². The summed E-state index contributed by atoms with van der Waals surface area (Å²) in [6, 6.07) is 0. The van der Waals surface area contributed by atoms with Gasteiger partial charge in [-0.2, -0.15) is 46.9 Å². The third-order valence-corrected chi connectivity index (χ3v) is 5.76. The Balaban J connectivity index is 3.79. The molecule has 1 N–H and O–H groups in total. The smallest absolute Gasteiger partial charge is 0.453 e. The van der Waals surface area contributed by atoms with E-state index < -0.39 is 42.7 Å². The number of unbranched alkanes of at least 4 members (excludes halogenated alkanes) is 6. The van der Waals surface area contributed by atoms with E-state index in [9.17, 15) is 45.0 Å². The van der Waals surface area contributed by atoms with Crippen molar-refractivity contribution in [2.75, 3.05) is 18.1 Å². The summed E-state index contributed by atoms with van der Waals surface area (Å²) in [5, 5.41) is 9.69. The lowest BCUT2D eigenvalue weighted by Gasteiger charge is -2.28. The second-order valence-electron chi connectivity index (χ2n) is 7.22. The SMILES string of the molecule is CCOC(=O)C(O)(CCCCCCCCCSCCCC(F)(F)C(F)(F)F)C(F)(F)F. The maximum absolute atomic E-state index is 13.0. The second kappa shape index (κ2) is 13.7. The van der Waals surface area contributed by atoms with E-state index in [4.69, 9.17) is 0 Å². The number of hydrogen-bond donors (Lipinski definition) is 1. The fourth-order valence-electron chi connectivity index (χ4n) is 2.72. The third kappa shape index (κ3) is 11.1. The lowest BCUT2D eigenvalue weighted by atomic mass is 9.95. The Labute approximate surface area is 181 Å². The Morgan fingerprint density at radius 1 is 0.742 bits per heavy atom. The molecule has 0 spiro atoms. The number of halogens is 8. The van der Waals surface area contributed by atoms with Gasteiger partial charge >= 0.3 is 24.2 Å². The van der Waals surface area contributed by atoms with Gasteiger partial charge in [0.15, 0.2) is 0 Å². The molecule has 12 heteroatoms. The van der Waals surface area contributed by atoms with E-state index in [1.54, 1.807) is 0 Å². The van der Waals surface area contributed by atoms with Gasteiger partial charge in [0.05, 0.1) is 6.61 Å². The average molecular weight is 490 g/mol. The summed E-state index contributed by atoms with van der Waals surface area (Å²) >= 11 is 1.31. The Bertz CT molecular complexity index is 511. The lowest BCUT2D eigenvalue weighted by molar-refractivity contribution is -0.284. The minimum Gasteiger partial charge on any atom is -0.464 e. The number of aliphatic hydroxyl groups is 1. The first kappa shape index (κ1) is 30.2. The van der Waals surface area contributed by atoms with E-state index >= 15 is 0 Å². The number of ether oxygens (including phenoxy) is 1. The van der Waals surface area contributed by atoms with Crippen LogP contribution in [0.4, 0.5) is 35.1 Å². The van der Waals surface area contributed by atoms with E-state index in [1.165, 1.54) is 18.7 Å². The predicted molar refractivity (Wildman–Crippen MR) is 102 cm³/mol. The van der Waals surface area contributed by atoms with Gasteiger partial charge < -0.3 is 9.84 Å². The fraction of sp³-hybridized carbons (Fsp3) is 0.947. The highest BCUT2D eigenvalue weighted by Crippen LogP contribution is 2.39. The van der Waals surface area contributed by atoms with Gasteiger partial charge in [0.2, 0.25) is 0 Å². The Hall–Kier alpha value is -0.780. The summed E-state index contributed by atoms with van der Waals surface area (Å²) in [4.78, 5) is 11.5. The maximum atomic E-state index is 13.0. The topological polar surface area (TPSA) is 46.5 Å². The van der Waals surface area contributed by atoms with Crippen LogP contribution in [0.15, 0.2) is 0 Å². The highest BCUT2D eigenvalue weighted by Gasteiger charge is 2.60. The van der Waals surface area contributed by atoms with Gasteiger partial charge in [-0.05, 0) is 44.1 Å². The maximum Gasteiger partial charge on any atom is 0.453 e. The van der Waals surface area contributed by atoms with Gasteiger partial charge in [0.25, 0.3) is 5.60 Å². The van der Waals surface area contributed by atoms with Crippen LogP contribution in [0.3, 0.4) is 0 Å². The summed E-state index contributed by atoms with van der Waals surface area (Å²) in [5.74, 6) is -5.49. The van der Waals surface area contributed by atoms with Gasteiger partial charge in [-0.1, -0.05) is 32.1 Å². The molecule has 186 valence electrons. The van der Waals surface area contributed by atoms with Gasteiger partial charge in [0.1, 0.15) is 0 Å². The van der Waals surface area contributed by atoms with Gasteiger partial charge in [-0.3, -0.25) is 0 Å². The summed E-state index contributed by atoms with van der Waals surface area (Å²) in [6.07, 6.45) is -8.70. The van der Waals surface area contributed by atoms with E-state index in [2.05, 4.69) is 4.74 Å². The van der Waals surface area contributed by atoms with Crippen LogP contribution in [0.5, 0.6) is 0 Å². The van der Waals surface area contributed by atoms with Crippen molar-refractivity contribution >= 4 is 17.7 Å². The molecule has 1 unspecified atom stereocenters. The van der Waals surface area contributed by atoms with Crippen LogP contribution < -0.4 is 0 Å². The first-order valence-electron chi connectivity index (χ1n) is 10.2. The van der Waals surface area contributed by atoms with Crippen molar-refractivity contribution in [1.82, 2.24) is 0 Å². The van der Waals surface area contributed by atoms with Crippen molar-refractivity contribution < 1.29 is 49.8 Å². The summed E-state index contributed by atoms with van der Waals surface area (Å²) in [5.41, 5.74) is -3.50. The second-order valence-corrected chi connectivity index (χ2v) is 8.45. The summed E-state index contributed by atoms with van der Waals surface area (Å²) in [6.45, 7) is 1.08. The first-order valence-corrected chi connectivity index (χ1v) is 11.3. The van der Waals surface area contributed by atoms with E-state index in [-0.39, 0.29) is 25.2 Å². The van der Waals surface area contributed by atoms with Crippen molar-refractivity contribution in [3.63, 3.8) is 0 Å². The number of esters is 1. The minimum absolute atomic E-state index is 0.00718. The van der Waals surface area contributed by atoms with Crippen LogP contribution in [0.25, 0.3) is 0 Å². The number of carbonyl (C=O) groups excluding carboxylic acids is 1. The van der Waals surface area contributed by atoms with Crippen molar-refractivity contribution in [2.45, 2.75) is 95.0 Å². The average Bonchev–Trinajstić information content (AvgIpc) is 2.63. The van der Waals surface area contributed by atoms with Crippen molar-refractivity contribution in [2.24, 2.45) is 0 Å². The zero-order valence-electron chi connectivity index (χ0n) is 17.4. The zero-order chi connectivity index (χ0) is 24.2. The molecule has 0 saturated carbocycles. The molecule has 0 aliphatic heterocycles. The largest absolute Gasteiger partial charge is 0.464 e. The molecular weight excluding hydrogens is 460 g/mol. The molecule has 0 rings (SSSR count). The van der Waals surface area contributed by atoms with Crippen LogP contribution in [0, 0.1) is 0 Å². The molecule has 3 nitrogen and oxygen atoms in total. The lowest BCUT2D eigenvalue weighted by Crippen LogP contribution is -2.52. The van der Waals surface area contributed by atoms with Crippen LogP contribution in [0.2, 0.25) is 0 Å². The molecule has 0 bridgehead atoms. The molecule has 0 aromatic heterocycles. The Morgan fingerprint density at radius 3 is 1.71 bits per heavy atom. The fourth-order valence-corrected chi connectivity index (χ4v) is 3.68. The third-order valence-electron chi connectivity index (χ3n) is 4.60. The Morgan fingerprint density at radius 2 is 1.23 bits per heavy atom. The zero-order valence-corrected chi connectivity index (χ0v) is 18.2. The van der Waals surface area contributed by atoms with Crippen molar-refractivity contribution in [3.8, 4) is 0 Å². The molecule has 0 aromatic rings. The normalized spacial score (nSPS) is 15.0. The molecular formula is C19H30F8O3S. The highest BCUT2D eigenvalue weighted by atomic mass is 32.2. The molecule has 0 aromatic carbocycles. The molecule has 1 atom stereocenters. The molecule has 0 amide bonds. The number of rotatable bonds is 16. The number of carbonyl (C=O) groups is 1. The van der Waals surface area contributed by atoms with Crippen LogP contribution in [-0.4, -0.2) is 53.1 Å². The monoisotopic (exact) mass is 490 g/mol. The number of alkyl halides is 8. The Kier molecular flexibility index (Phi) is 13.4. The van der Waals surface area contributed by atoms with Crippen LogP contribution >= 0.6 is 11.8 Å². The molecule has 0 aliphatic rings. The molecule has 0 saturated heterocycles. The number of hydrogen-bond acceptors (Lipinski definition) is 4. The van der Waals surface area contributed by atoms with Gasteiger partial charge in [-0.25, -0.2) is 4.79 Å². The molecule has 31 heavy (non-hydrogen) atoms. The molecule has 0 heterocycles. The van der Waals surface area contributed by atoms with Crippen LogP contribution in [-0.2, 0) is 9.53 Å². The van der Waals surface area contributed by atoms with Crippen molar-refractivity contribution in [1.29, 1.82) is 0 Å². The van der Waals surface area contributed by atoms with E-state index in [0.29, 0.717) is 18.6 Å². The first-order chi connectivity index (χ1) is 14.2. The van der Waals surface area contributed by atoms with Crippen LogP contribution in [0.1, 0.15) is 71.1 Å². The standard InChI is InChI=1S/C19H30F8O3S/c1-2-30-15(28)16(29,18(22,23)24)11-8-6-4-3-5-7-9-13-31-14-10-12-17(20,21)19(25,26)27/h29H,2-14H2,1H3.